The smallest absolute Gasteiger partial charge is 0.263 e. The Hall–Kier alpha value is -2.63. The number of rotatable bonds is 5. The highest BCUT2D eigenvalue weighted by atomic mass is 16.2. The van der Waals surface area contributed by atoms with Gasteiger partial charge in [0.15, 0.2) is 6.17 Å². The van der Waals surface area contributed by atoms with Gasteiger partial charge in [-0.25, -0.2) is 0 Å². The molecule has 0 fully saturated rings. The van der Waals surface area contributed by atoms with Gasteiger partial charge in [0, 0.05) is 32.1 Å². The Balaban J connectivity index is 1.98. The van der Waals surface area contributed by atoms with Crippen molar-refractivity contribution in [3.05, 3.63) is 48.3 Å². The third-order valence-electron chi connectivity index (χ3n) is 2.97. The van der Waals surface area contributed by atoms with Crippen LogP contribution in [0.25, 0.3) is 0 Å². The number of amides is 2. The molecule has 2 amide bonds. The number of hydrogen-bond donors (Lipinski definition) is 2. The van der Waals surface area contributed by atoms with Crippen molar-refractivity contribution in [2.24, 2.45) is 4.99 Å². The summed E-state index contributed by atoms with van der Waals surface area (Å²) in [4.78, 5) is 29.3. The summed E-state index contributed by atoms with van der Waals surface area (Å²) in [5, 5.41) is 5.48. The summed E-state index contributed by atoms with van der Waals surface area (Å²) in [6.07, 6.45) is 4.21. The van der Waals surface area contributed by atoms with Crippen LogP contribution in [-0.4, -0.2) is 35.6 Å². The van der Waals surface area contributed by atoms with Gasteiger partial charge in [0.25, 0.3) is 5.91 Å². The van der Waals surface area contributed by atoms with E-state index in [0.717, 1.165) is 5.56 Å². The van der Waals surface area contributed by atoms with E-state index in [0.29, 0.717) is 13.1 Å². The molecule has 0 bridgehead atoms. The summed E-state index contributed by atoms with van der Waals surface area (Å²) in [7, 11) is 0. The molecular formula is C15H18N4O2. The molecule has 6 heteroatoms. The highest BCUT2D eigenvalue weighted by Crippen LogP contribution is 2.03. The average Bonchev–Trinajstić information content (AvgIpc) is 2.52. The maximum atomic E-state index is 12.3. The zero-order chi connectivity index (χ0) is 15.1. The number of nitrogens with one attached hydrogen (secondary N) is 2. The Kier molecular flexibility index (Phi) is 5.09. The van der Waals surface area contributed by atoms with Crippen LogP contribution in [0, 0.1) is 0 Å². The summed E-state index contributed by atoms with van der Waals surface area (Å²) < 4.78 is 0. The van der Waals surface area contributed by atoms with Gasteiger partial charge in [-0.2, -0.15) is 0 Å². The number of benzene rings is 1. The lowest BCUT2D eigenvalue weighted by molar-refractivity contribution is -0.131. The first-order valence-electron chi connectivity index (χ1n) is 6.69. The quantitative estimate of drug-likeness (QED) is 0.833. The third-order valence-corrected chi connectivity index (χ3v) is 2.97. The second-order valence-corrected chi connectivity index (χ2v) is 4.63. The van der Waals surface area contributed by atoms with Gasteiger partial charge in [-0.05, 0) is 5.56 Å². The molecule has 0 aliphatic carbocycles. The fourth-order valence-electron chi connectivity index (χ4n) is 1.95. The van der Waals surface area contributed by atoms with Crippen molar-refractivity contribution in [3.63, 3.8) is 0 Å². The van der Waals surface area contributed by atoms with E-state index in [9.17, 15) is 9.59 Å². The van der Waals surface area contributed by atoms with Crippen LogP contribution in [0.5, 0.6) is 0 Å². The molecule has 6 nitrogen and oxygen atoms in total. The van der Waals surface area contributed by atoms with Crippen LogP contribution >= 0.6 is 0 Å². The summed E-state index contributed by atoms with van der Waals surface area (Å²) >= 11 is 0. The van der Waals surface area contributed by atoms with E-state index in [4.69, 9.17) is 0 Å². The van der Waals surface area contributed by atoms with Crippen LogP contribution in [0.3, 0.4) is 0 Å². The van der Waals surface area contributed by atoms with E-state index in [-0.39, 0.29) is 11.8 Å². The summed E-state index contributed by atoms with van der Waals surface area (Å²) in [6, 6.07) is 9.61. The van der Waals surface area contributed by atoms with E-state index in [1.807, 2.05) is 30.3 Å². The SMILES string of the molecule is CC(=O)NC(C(=O)NCc1ccccc1)N1C=CN=CC1. The number of carbonyl (C=O) groups excluding carboxylic acids is 2. The van der Waals surface area contributed by atoms with Crippen LogP contribution in [0.15, 0.2) is 47.7 Å². The lowest BCUT2D eigenvalue weighted by Gasteiger charge is -2.29. The first-order valence-corrected chi connectivity index (χ1v) is 6.69. The number of hydrogen-bond acceptors (Lipinski definition) is 4. The maximum absolute atomic E-state index is 12.3. The first-order chi connectivity index (χ1) is 10.2. The minimum absolute atomic E-state index is 0.256. The van der Waals surface area contributed by atoms with Crippen molar-refractivity contribution in [2.45, 2.75) is 19.6 Å². The van der Waals surface area contributed by atoms with Crippen molar-refractivity contribution in [2.75, 3.05) is 6.54 Å². The highest BCUT2D eigenvalue weighted by molar-refractivity contribution is 5.87. The van der Waals surface area contributed by atoms with Crippen molar-refractivity contribution >= 4 is 18.0 Å². The van der Waals surface area contributed by atoms with Gasteiger partial charge in [0.2, 0.25) is 5.91 Å². The standard InChI is InChI=1S/C15H18N4O2/c1-12(20)18-14(19-9-7-16-8-10-19)15(21)17-11-13-5-3-2-4-6-13/h2-9,14H,10-11H2,1H3,(H,17,21)(H,18,20). The molecule has 1 aromatic rings. The molecule has 2 N–H and O–H groups in total. The largest absolute Gasteiger partial charge is 0.349 e. The lowest BCUT2D eigenvalue weighted by Crippen LogP contribution is -2.55. The van der Waals surface area contributed by atoms with Gasteiger partial charge < -0.3 is 15.5 Å². The fraction of sp³-hybridized carbons (Fsp3) is 0.267. The molecule has 0 saturated heterocycles. The van der Waals surface area contributed by atoms with E-state index in [2.05, 4.69) is 15.6 Å². The molecule has 0 spiro atoms. The van der Waals surface area contributed by atoms with Crippen LogP contribution in [0.4, 0.5) is 0 Å². The normalized spacial score (nSPS) is 14.6. The summed E-state index contributed by atoms with van der Waals surface area (Å²) in [5.41, 5.74) is 1.00. The summed E-state index contributed by atoms with van der Waals surface area (Å²) in [6.45, 7) is 2.28. The number of carbonyl (C=O) groups is 2. The molecule has 2 rings (SSSR count). The van der Waals surface area contributed by atoms with Gasteiger partial charge in [0.05, 0.1) is 6.54 Å². The van der Waals surface area contributed by atoms with Gasteiger partial charge in [-0.15, -0.1) is 0 Å². The minimum Gasteiger partial charge on any atom is -0.349 e. The van der Waals surface area contributed by atoms with Crippen LogP contribution in [0.2, 0.25) is 0 Å². The Morgan fingerprint density at radius 2 is 2.10 bits per heavy atom. The molecule has 0 saturated carbocycles. The van der Waals surface area contributed by atoms with Crippen LogP contribution in [-0.2, 0) is 16.1 Å². The predicted octanol–water partition coefficient (Wildman–Crippen LogP) is 0.623. The van der Waals surface area contributed by atoms with Crippen LogP contribution < -0.4 is 10.6 Å². The second-order valence-electron chi connectivity index (χ2n) is 4.63. The first kappa shape index (κ1) is 14.8. The van der Waals surface area contributed by atoms with E-state index in [1.165, 1.54) is 6.92 Å². The molecule has 0 aromatic heterocycles. The zero-order valence-corrected chi connectivity index (χ0v) is 11.8. The van der Waals surface area contributed by atoms with E-state index < -0.39 is 6.17 Å². The number of aliphatic imine (C=N–C) groups is 1. The molecule has 1 atom stereocenters. The van der Waals surface area contributed by atoms with Crippen molar-refractivity contribution < 1.29 is 9.59 Å². The van der Waals surface area contributed by atoms with Crippen molar-refractivity contribution in [3.8, 4) is 0 Å². The van der Waals surface area contributed by atoms with Gasteiger partial charge in [-0.3, -0.25) is 14.6 Å². The molecule has 1 unspecified atom stereocenters. The van der Waals surface area contributed by atoms with Crippen LogP contribution in [0.1, 0.15) is 12.5 Å². The van der Waals surface area contributed by atoms with E-state index >= 15 is 0 Å². The average molecular weight is 286 g/mol. The van der Waals surface area contributed by atoms with Gasteiger partial charge in [-0.1, -0.05) is 30.3 Å². The molecule has 1 heterocycles. The monoisotopic (exact) mass is 286 g/mol. The topological polar surface area (TPSA) is 73.8 Å². The molecule has 1 aromatic carbocycles. The fourth-order valence-corrected chi connectivity index (χ4v) is 1.95. The molecule has 110 valence electrons. The predicted molar refractivity (Wildman–Crippen MR) is 80.2 cm³/mol. The van der Waals surface area contributed by atoms with E-state index in [1.54, 1.807) is 23.5 Å². The molecule has 1 aliphatic heterocycles. The second kappa shape index (κ2) is 7.23. The molecule has 21 heavy (non-hydrogen) atoms. The zero-order valence-electron chi connectivity index (χ0n) is 11.8. The Bertz CT molecular complexity index is 554. The highest BCUT2D eigenvalue weighted by Gasteiger charge is 2.24. The van der Waals surface area contributed by atoms with Gasteiger partial charge >= 0.3 is 0 Å². The lowest BCUT2D eigenvalue weighted by atomic mass is 10.2. The number of nitrogens with zero attached hydrogens (tertiary/aromatic N) is 2. The minimum atomic E-state index is -0.741. The Labute approximate surface area is 123 Å². The molecule has 1 aliphatic rings. The van der Waals surface area contributed by atoms with Crippen molar-refractivity contribution in [1.29, 1.82) is 0 Å². The maximum Gasteiger partial charge on any atom is 0.263 e. The Morgan fingerprint density at radius 3 is 2.71 bits per heavy atom. The molecule has 0 radical (unpaired) electrons. The summed E-state index contributed by atoms with van der Waals surface area (Å²) in [5.74, 6) is -0.514. The molecular weight excluding hydrogens is 268 g/mol. The van der Waals surface area contributed by atoms with Gasteiger partial charge in [0.1, 0.15) is 0 Å². The third kappa shape index (κ3) is 4.45. The van der Waals surface area contributed by atoms with Crippen molar-refractivity contribution in [1.82, 2.24) is 15.5 Å². The Morgan fingerprint density at radius 1 is 1.33 bits per heavy atom.